The highest BCUT2D eigenvalue weighted by Crippen LogP contribution is 2.36. The lowest BCUT2D eigenvalue weighted by molar-refractivity contribution is 0.00791. The fourth-order valence-electron chi connectivity index (χ4n) is 5.42. The van der Waals surface area contributed by atoms with Gasteiger partial charge in [-0.1, -0.05) is 18.9 Å². The average Bonchev–Trinajstić information content (AvgIpc) is 3.30. The van der Waals surface area contributed by atoms with Crippen LogP contribution in [-0.2, 0) is 4.74 Å². The van der Waals surface area contributed by atoms with E-state index >= 15 is 0 Å². The Kier molecular flexibility index (Phi) is 5.45. The van der Waals surface area contributed by atoms with Crippen LogP contribution in [0.15, 0.2) is 24.5 Å². The molecule has 1 saturated heterocycles. The number of benzene rings is 1. The number of nitrogens with zero attached hydrogens (tertiary/aromatic N) is 3. The largest absolute Gasteiger partial charge is 0.379 e. The Morgan fingerprint density at radius 3 is 2.50 bits per heavy atom. The molecule has 2 aliphatic carbocycles. The molecule has 2 aromatic rings. The molecule has 0 amide bonds. The number of aromatic nitrogens is 2. The second-order valence-electron chi connectivity index (χ2n) is 8.78. The van der Waals surface area contributed by atoms with Crippen LogP contribution < -0.4 is 5.32 Å². The smallest absolute Gasteiger partial charge is 0.137 e. The molecule has 3 aliphatic rings. The maximum Gasteiger partial charge on any atom is 0.137 e. The zero-order valence-corrected chi connectivity index (χ0v) is 16.8. The van der Waals surface area contributed by atoms with Gasteiger partial charge in [0.1, 0.15) is 12.1 Å². The molecule has 0 atom stereocenters. The highest BCUT2D eigenvalue weighted by molar-refractivity contribution is 5.89. The van der Waals surface area contributed by atoms with Crippen LogP contribution in [0.5, 0.6) is 0 Å². The lowest BCUT2D eigenvalue weighted by Gasteiger charge is -2.39. The van der Waals surface area contributed by atoms with E-state index in [-0.39, 0.29) is 0 Å². The maximum absolute atomic E-state index is 5.51. The van der Waals surface area contributed by atoms with E-state index in [1.54, 1.807) is 6.33 Å². The molecule has 5 nitrogen and oxygen atoms in total. The Morgan fingerprint density at radius 2 is 1.71 bits per heavy atom. The molecule has 2 saturated carbocycles. The lowest BCUT2D eigenvalue weighted by atomic mass is 9.89. The van der Waals surface area contributed by atoms with Crippen LogP contribution in [0.4, 0.5) is 5.82 Å². The number of ether oxygens (including phenoxy) is 1. The van der Waals surface area contributed by atoms with Gasteiger partial charge in [-0.15, -0.1) is 0 Å². The Morgan fingerprint density at radius 1 is 0.929 bits per heavy atom. The van der Waals surface area contributed by atoms with Crippen molar-refractivity contribution in [3.05, 3.63) is 30.1 Å². The summed E-state index contributed by atoms with van der Waals surface area (Å²) in [6, 6.07) is 8.07. The third kappa shape index (κ3) is 3.87. The highest BCUT2D eigenvalue weighted by Gasteiger charge is 2.27. The molecule has 2 heterocycles. The summed E-state index contributed by atoms with van der Waals surface area (Å²) >= 11 is 0. The second kappa shape index (κ2) is 8.34. The number of fused-ring (bicyclic) bond motifs is 1. The van der Waals surface area contributed by atoms with Gasteiger partial charge in [-0.05, 0) is 62.1 Å². The van der Waals surface area contributed by atoms with Gasteiger partial charge in [0.05, 0.1) is 18.7 Å². The van der Waals surface area contributed by atoms with E-state index in [0.717, 1.165) is 49.6 Å². The number of hydrogen-bond acceptors (Lipinski definition) is 5. The van der Waals surface area contributed by atoms with E-state index in [4.69, 9.17) is 4.74 Å². The van der Waals surface area contributed by atoms with Gasteiger partial charge in [-0.3, -0.25) is 4.90 Å². The topological polar surface area (TPSA) is 50.3 Å². The predicted molar refractivity (Wildman–Crippen MR) is 113 cm³/mol. The zero-order chi connectivity index (χ0) is 18.8. The molecule has 28 heavy (non-hydrogen) atoms. The van der Waals surface area contributed by atoms with Crippen molar-refractivity contribution in [3.63, 3.8) is 0 Å². The van der Waals surface area contributed by atoms with Crippen molar-refractivity contribution in [1.29, 1.82) is 0 Å². The fraction of sp³-hybridized carbons (Fsp3) is 0.652. The van der Waals surface area contributed by atoms with Crippen LogP contribution in [0.1, 0.15) is 62.8 Å². The SMILES string of the molecule is c1nc(N[C@H]2CC[C@H](N3CCOCC3)CC2)c2cc(C3CCCC3)ccc2n1. The van der Waals surface area contributed by atoms with Crippen LogP contribution in [0.3, 0.4) is 0 Å². The van der Waals surface area contributed by atoms with Gasteiger partial charge in [0, 0.05) is 30.6 Å². The van der Waals surface area contributed by atoms with Crippen LogP contribution in [0.25, 0.3) is 10.9 Å². The molecule has 150 valence electrons. The van der Waals surface area contributed by atoms with Crippen LogP contribution in [-0.4, -0.2) is 53.3 Å². The first-order valence-corrected chi connectivity index (χ1v) is 11.2. The molecule has 0 spiro atoms. The van der Waals surface area contributed by atoms with E-state index in [0.29, 0.717) is 6.04 Å². The molecule has 5 rings (SSSR count). The summed E-state index contributed by atoms with van der Waals surface area (Å²) in [6.45, 7) is 4.00. The number of hydrogen-bond donors (Lipinski definition) is 1. The van der Waals surface area contributed by atoms with Crippen molar-refractivity contribution in [2.75, 3.05) is 31.6 Å². The zero-order valence-electron chi connectivity index (χ0n) is 16.8. The van der Waals surface area contributed by atoms with Crippen molar-refractivity contribution in [2.24, 2.45) is 0 Å². The molecule has 0 unspecified atom stereocenters. The molecule has 3 fully saturated rings. The summed E-state index contributed by atoms with van der Waals surface area (Å²) in [5.74, 6) is 1.75. The number of morpholine rings is 1. The quantitative estimate of drug-likeness (QED) is 0.855. The average molecular weight is 381 g/mol. The van der Waals surface area contributed by atoms with Crippen molar-refractivity contribution in [2.45, 2.75) is 69.4 Å². The second-order valence-corrected chi connectivity index (χ2v) is 8.78. The molecule has 5 heteroatoms. The molecule has 0 bridgehead atoms. The van der Waals surface area contributed by atoms with Crippen molar-refractivity contribution >= 4 is 16.7 Å². The number of anilines is 1. The van der Waals surface area contributed by atoms with E-state index < -0.39 is 0 Å². The van der Waals surface area contributed by atoms with Gasteiger partial charge < -0.3 is 10.1 Å². The van der Waals surface area contributed by atoms with Crippen molar-refractivity contribution in [3.8, 4) is 0 Å². The van der Waals surface area contributed by atoms with Crippen LogP contribution in [0, 0.1) is 0 Å². The molecule has 1 aromatic heterocycles. The molecule has 1 aliphatic heterocycles. The summed E-state index contributed by atoms with van der Waals surface area (Å²) in [4.78, 5) is 11.8. The van der Waals surface area contributed by atoms with Crippen LogP contribution in [0.2, 0.25) is 0 Å². The Balaban J connectivity index is 1.28. The third-order valence-corrected chi connectivity index (χ3v) is 7.09. The van der Waals surface area contributed by atoms with Gasteiger partial charge in [-0.25, -0.2) is 9.97 Å². The summed E-state index contributed by atoms with van der Waals surface area (Å²) in [5.41, 5.74) is 2.53. The van der Waals surface area contributed by atoms with E-state index in [9.17, 15) is 0 Å². The fourth-order valence-corrected chi connectivity index (χ4v) is 5.42. The van der Waals surface area contributed by atoms with E-state index in [2.05, 4.69) is 38.4 Å². The summed E-state index contributed by atoms with van der Waals surface area (Å²) in [5, 5.41) is 4.97. The Hall–Kier alpha value is -1.72. The van der Waals surface area contributed by atoms with E-state index in [1.807, 2.05) is 0 Å². The van der Waals surface area contributed by atoms with Gasteiger partial charge >= 0.3 is 0 Å². The monoisotopic (exact) mass is 380 g/mol. The minimum absolute atomic E-state index is 0.519. The third-order valence-electron chi connectivity index (χ3n) is 7.09. The van der Waals surface area contributed by atoms with Crippen LogP contribution >= 0.6 is 0 Å². The maximum atomic E-state index is 5.51. The Labute approximate surface area is 167 Å². The first-order valence-electron chi connectivity index (χ1n) is 11.2. The molecule has 0 radical (unpaired) electrons. The summed E-state index contributed by atoms with van der Waals surface area (Å²) < 4.78 is 5.51. The van der Waals surface area contributed by atoms with Gasteiger partial charge in [0.2, 0.25) is 0 Å². The predicted octanol–water partition coefficient (Wildman–Crippen LogP) is 4.34. The normalized spacial score (nSPS) is 27.3. The van der Waals surface area contributed by atoms with Gasteiger partial charge in [0.15, 0.2) is 0 Å². The number of nitrogens with one attached hydrogen (secondary N) is 1. The molecule has 1 N–H and O–H groups in total. The first kappa shape index (κ1) is 18.3. The summed E-state index contributed by atoms with van der Waals surface area (Å²) in [7, 11) is 0. The molecule has 1 aromatic carbocycles. The molecular formula is C23H32N4O. The lowest BCUT2D eigenvalue weighted by Crippen LogP contribution is -2.46. The van der Waals surface area contributed by atoms with Crippen molar-refractivity contribution < 1.29 is 4.74 Å². The number of rotatable bonds is 4. The first-order chi connectivity index (χ1) is 13.9. The minimum atomic E-state index is 0.519. The molecular weight excluding hydrogens is 348 g/mol. The van der Waals surface area contributed by atoms with Crippen molar-refractivity contribution in [1.82, 2.24) is 14.9 Å². The Bertz CT molecular complexity index is 790. The van der Waals surface area contributed by atoms with Gasteiger partial charge in [0.25, 0.3) is 0 Å². The minimum Gasteiger partial charge on any atom is -0.379 e. The standard InChI is InChI=1S/C23H32N4O/c1-2-4-17(3-1)18-5-10-22-21(15-18)23(25-16-24-22)26-19-6-8-20(9-7-19)27-11-13-28-14-12-27/h5,10,15-17,19-20H,1-4,6-9,11-14H2,(H,24,25,26)/t19-,20-. The van der Waals surface area contributed by atoms with Gasteiger partial charge in [-0.2, -0.15) is 0 Å². The highest BCUT2D eigenvalue weighted by atomic mass is 16.5. The van der Waals surface area contributed by atoms with E-state index in [1.165, 1.54) is 62.3 Å². The summed E-state index contributed by atoms with van der Waals surface area (Å²) in [6.07, 6.45) is 12.1.